The average molecular weight is 457 g/mol. The van der Waals surface area contributed by atoms with Crippen molar-refractivity contribution in [1.82, 2.24) is 0 Å². The molecule has 0 aliphatic carbocycles. The average Bonchev–Trinajstić information content (AvgIpc) is 2.69. The minimum Gasteiger partial charge on any atom is -0.358 e. The van der Waals surface area contributed by atoms with Gasteiger partial charge in [-0.1, -0.05) is 131 Å². The van der Waals surface area contributed by atoms with Crippen LogP contribution in [0.5, 0.6) is 0 Å². The third kappa shape index (κ3) is 19.7. The van der Waals surface area contributed by atoms with Gasteiger partial charge < -0.3 is 21.8 Å². The van der Waals surface area contributed by atoms with Crippen LogP contribution in [0.15, 0.2) is 24.3 Å². The van der Waals surface area contributed by atoms with Crippen molar-refractivity contribution in [3.63, 3.8) is 0 Å². The van der Waals surface area contributed by atoms with Gasteiger partial charge in [-0.2, -0.15) is 6.42 Å². The van der Waals surface area contributed by atoms with Gasteiger partial charge in [0.15, 0.2) is 0 Å². The summed E-state index contributed by atoms with van der Waals surface area (Å²) in [4.78, 5) is 0. The van der Waals surface area contributed by atoms with Crippen LogP contribution >= 0.6 is 0 Å². The third-order valence-corrected chi connectivity index (χ3v) is 5.20. The molecule has 0 N–H and O–H groups in total. The van der Waals surface area contributed by atoms with E-state index in [0.29, 0.717) is 5.92 Å². The van der Waals surface area contributed by atoms with Gasteiger partial charge in [0.05, 0.1) is 0 Å². The largest absolute Gasteiger partial charge is 0.358 e. The van der Waals surface area contributed by atoms with Crippen LogP contribution < -0.4 is 0 Å². The molecule has 0 aliphatic rings. The quantitative estimate of drug-likeness (QED) is 0.290. The minimum absolute atomic E-state index is 0. The van der Waals surface area contributed by atoms with Crippen molar-refractivity contribution in [2.45, 2.75) is 119 Å². The zero-order valence-corrected chi connectivity index (χ0v) is 24.0. The van der Waals surface area contributed by atoms with Crippen LogP contribution in [0.4, 0.5) is 0 Å². The van der Waals surface area contributed by atoms with Gasteiger partial charge in [0.25, 0.3) is 0 Å². The molecule has 0 bridgehead atoms. The summed E-state index contributed by atoms with van der Waals surface area (Å²) in [5.74, 6) is 2.50. The van der Waals surface area contributed by atoms with E-state index in [1.54, 1.807) is 0 Å². The number of benzene rings is 1. The predicted molar refractivity (Wildman–Crippen MR) is 140 cm³/mol. The summed E-state index contributed by atoms with van der Waals surface area (Å²) in [6, 6.07) is 8.99. The standard InChI is InChI=1S/C13H27.C12H18.C2H6.2CH3.V/c1-5-9-12(8-4)13(10-6-2)11-7-3;1-4-5-11-6-8-12(9-7-11)10(2)3;1-2;;;/h12-13H,4-11H2,1-3H3;6-10H,4-5H2,1-3H3;1-2H3;2*1H3;/q-1;;;2*-1;. The van der Waals surface area contributed by atoms with Crippen molar-refractivity contribution in [2.75, 3.05) is 0 Å². The fourth-order valence-electron chi connectivity index (χ4n) is 3.70. The third-order valence-electron chi connectivity index (χ3n) is 5.20. The van der Waals surface area contributed by atoms with Crippen molar-refractivity contribution < 1.29 is 18.6 Å². The number of hydrogen-bond donors (Lipinski definition) is 0. The molecule has 1 heteroatoms. The summed E-state index contributed by atoms with van der Waals surface area (Å²) < 4.78 is 0. The maximum Gasteiger partial charge on any atom is 0 e. The molecule has 30 heavy (non-hydrogen) atoms. The van der Waals surface area contributed by atoms with Crippen LogP contribution in [0, 0.1) is 33.6 Å². The first kappa shape index (κ1) is 40.2. The van der Waals surface area contributed by atoms with E-state index in [1.807, 2.05) is 13.8 Å². The van der Waals surface area contributed by atoms with Crippen LogP contribution in [-0.2, 0) is 25.0 Å². The van der Waals surface area contributed by atoms with Crippen molar-refractivity contribution in [2.24, 2.45) is 11.8 Å². The summed E-state index contributed by atoms with van der Waals surface area (Å²) in [7, 11) is 0. The summed E-state index contributed by atoms with van der Waals surface area (Å²) in [6.07, 6.45) is 11.8. The fourth-order valence-corrected chi connectivity index (χ4v) is 3.70. The summed E-state index contributed by atoms with van der Waals surface area (Å²) in [6.45, 7) is 21.7. The molecule has 1 radical (unpaired) electrons. The van der Waals surface area contributed by atoms with Crippen LogP contribution in [0.3, 0.4) is 0 Å². The van der Waals surface area contributed by atoms with Gasteiger partial charge in [-0.15, -0.1) is 0 Å². The normalized spacial score (nSPS) is 10.4. The Morgan fingerprint density at radius 2 is 1.10 bits per heavy atom. The monoisotopic (exact) mass is 456 g/mol. The first-order valence-corrected chi connectivity index (χ1v) is 11.9. The van der Waals surface area contributed by atoms with Crippen LogP contribution in [0.25, 0.3) is 0 Å². The van der Waals surface area contributed by atoms with E-state index < -0.39 is 0 Å². The molecule has 0 spiro atoms. The summed E-state index contributed by atoms with van der Waals surface area (Å²) in [5, 5.41) is 0. The van der Waals surface area contributed by atoms with Gasteiger partial charge in [-0.25, -0.2) is 0 Å². The van der Waals surface area contributed by atoms with Crippen LogP contribution in [0.2, 0.25) is 0 Å². The number of rotatable bonds is 11. The Morgan fingerprint density at radius 1 is 0.700 bits per heavy atom. The second-order valence-electron chi connectivity index (χ2n) is 7.82. The molecule has 1 unspecified atom stereocenters. The van der Waals surface area contributed by atoms with Gasteiger partial charge in [0.1, 0.15) is 0 Å². The van der Waals surface area contributed by atoms with Gasteiger partial charge in [-0.3, -0.25) is 0 Å². The molecular weight excluding hydrogens is 399 g/mol. The molecule has 1 aromatic carbocycles. The van der Waals surface area contributed by atoms with Gasteiger partial charge in [0, 0.05) is 18.6 Å². The molecule has 181 valence electrons. The Bertz CT molecular complexity index is 387. The Balaban J connectivity index is -0.000000117. The maximum atomic E-state index is 4.09. The Kier molecular flexibility index (Phi) is 38.6. The van der Waals surface area contributed by atoms with Crippen molar-refractivity contribution in [3.8, 4) is 0 Å². The van der Waals surface area contributed by atoms with E-state index in [-0.39, 0.29) is 33.4 Å². The van der Waals surface area contributed by atoms with Crippen LogP contribution in [0.1, 0.15) is 124 Å². The van der Waals surface area contributed by atoms with Gasteiger partial charge >= 0.3 is 0 Å². The molecule has 0 saturated carbocycles. The van der Waals surface area contributed by atoms with Crippen molar-refractivity contribution in [1.29, 1.82) is 0 Å². The maximum absolute atomic E-state index is 4.09. The number of hydrogen-bond acceptors (Lipinski definition) is 0. The summed E-state index contributed by atoms with van der Waals surface area (Å²) >= 11 is 0. The van der Waals surface area contributed by atoms with E-state index in [4.69, 9.17) is 0 Å². The second-order valence-corrected chi connectivity index (χ2v) is 7.82. The van der Waals surface area contributed by atoms with E-state index in [1.165, 1.54) is 62.5 Å². The van der Waals surface area contributed by atoms with E-state index >= 15 is 0 Å². The molecule has 0 aromatic heterocycles. The SMILES string of the molecule is CC.CCCc1ccc(C(C)C)cc1.[CH2-]CC(CCC)C(CCC)CCC.[CH3-].[CH3-].[V]. The van der Waals surface area contributed by atoms with E-state index in [0.717, 1.165) is 18.3 Å². The second kappa shape index (κ2) is 28.8. The molecule has 0 fully saturated rings. The van der Waals surface area contributed by atoms with Crippen molar-refractivity contribution in [3.05, 3.63) is 57.2 Å². The fraction of sp³-hybridized carbons (Fsp3) is 0.690. The number of aryl methyl sites for hydroxylation is 1. The Labute approximate surface area is 206 Å². The molecule has 1 atom stereocenters. The van der Waals surface area contributed by atoms with Gasteiger partial charge in [-0.05, 0) is 29.4 Å². The molecule has 1 rings (SSSR count). The molecule has 0 nitrogen and oxygen atoms in total. The minimum atomic E-state index is 0. The van der Waals surface area contributed by atoms with E-state index in [2.05, 4.69) is 72.7 Å². The van der Waals surface area contributed by atoms with E-state index in [9.17, 15) is 0 Å². The molecule has 1 aromatic rings. The molecule has 0 amide bonds. The van der Waals surface area contributed by atoms with Crippen LogP contribution in [-0.4, -0.2) is 0 Å². The smallest absolute Gasteiger partial charge is 0 e. The first-order chi connectivity index (χ1) is 13.0. The Morgan fingerprint density at radius 3 is 1.40 bits per heavy atom. The zero-order valence-electron chi connectivity index (χ0n) is 22.6. The molecule has 0 heterocycles. The van der Waals surface area contributed by atoms with Gasteiger partial charge in [0.2, 0.25) is 0 Å². The molecular formula is C29H57V-3. The molecule has 0 aliphatic heterocycles. The predicted octanol–water partition coefficient (Wildman–Crippen LogP) is 10.5. The topological polar surface area (TPSA) is 0 Å². The first-order valence-electron chi connectivity index (χ1n) is 11.9. The Hall–Kier alpha value is -0.196. The summed E-state index contributed by atoms with van der Waals surface area (Å²) in [5.41, 5.74) is 2.90. The zero-order chi connectivity index (χ0) is 21.1. The molecule has 0 saturated heterocycles. The van der Waals surface area contributed by atoms with Crippen molar-refractivity contribution >= 4 is 0 Å².